The maximum absolute atomic E-state index is 12.1. The van der Waals surface area contributed by atoms with Gasteiger partial charge in [-0.15, -0.1) is 0 Å². The van der Waals surface area contributed by atoms with Crippen LogP contribution in [0.4, 0.5) is 11.4 Å². The molecule has 0 saturated heterocycles. The first kappa shape index (κ1) is 19.7. The number of nitrogens with one attached hydrogen (secondary N) is 2. The molecule has 0 unspecified atom stereocenters. The van der Waals surface area contributed by atoms with E-state index in [2.05, 4.69) is 10.6 Å². The minimum Gasteiger partial charge on any atom is -0.324 e. The zero-order valence-electron chi connectivity index (χ0n) is 13.9. The molecule has 2 aromatic carbocycles. The molecule has 0 saturated carbocycles. The van der Waals surface area contributed by atoms with E-state index in [0.29, 0.717) is 27.0 Å². The lowest BCUT2D eigenvalue weighted by atomic mass is 10.2. The van der Waals surface area contributed by atoms with E-state index in [-0.39, 0.29) is 24.9 Å². The molecule has 134 valence electrons. The first-order chi connectivity index (χ1) is 12.4. The van der Waals surface area contributed by atoms with Crippen LogP contribution in [0.3, 0.4) is 0 Å². The Morgan fingerprint density at radius 3 is 2.27 bits per heavy atom. The quantitative estimate of drug-likeness (QED) is 0.791. The highest BCUT2D eigenvalue weighted by atomic mass is 35.5. The zero-order chi connectivity index (χ0) is 19.1. The van der Waals surface area contributed by atoms with Crippen molar-refractivity contribution in [1.29, 1.82) is 5.26 Å². The summed E-state index contributed by atoms with van der Waals surface area (Å²) in [7, 11) is 1.63. The van der Waals surface area contributed by atoms with Gasteiger partial charge in [-0.2, -0.15) is 5.26 Å². The van der Waals surface area contributed by atoms with Crippen LogP contribution in [-0.2, 0) is 9.59 Å². The van der Waals surface area contributed by atoms with Crippen molar-refractivity contribution >= 4 is 46.4 Å². The van der Waals surface area contributed by atoms with Crippen molar-refractivity contribution in [2.45, 2.75) is 0 Å². The fourth-order valence-corrected chi connectivity index (χ4v) is 2.56. The van der Waals surface area contributed by atoms with Gasteiger partial charge >= 0.3 is 0 Å². The Kier molecular flexibility index (Phi) is 6.98. The number of likely N-dealkylation sites (N-methyl/N-ethyl adjacent to an activating group) is 1. The molecular formula is C18H16Cl2N4O2. The van der Waals surface area contributed by atoms with Crippen LogP contribution in [-0.4, -0.2) is 36.9 Å². The monoisotopic (exact) mass is 390 g/mol. The number of benzene rings is 2. The molecule has 0 aliphatic heterocycles. The van der Waals surface area contributed by atoms with Gasteiger partial charge in [-0.25, -0.2) is 0 Å². The van der Waals surface area contributed by atoms with Gasteiger partial charge in [-0.1, -0.05) is 35.3 Å². The van der Waals surface area contributed by atoms with Crippen molar-refractivity contribution in [3.05, 3.63) is 58.1 Å². The van der Waals surface area contributed by atoms with Gasteiger partial charge in [0.25, 0.3) is 0 Å². The van der Waals surface area contributed by atoms with E-state index in [1.165, 1.54) is 17.0 Å². The van der Waals surface area contributed by atoms with Crippen LogP contribution in [0.15, 0.2) is 42.5 Å². The highest BCUT2D eigenvalue weighted by Crippen LogP contribution is 2.21. The number of halogens is 2. The van der Waals surface area contributed by atoms with Gasteiger partial charge in [-0.05, 0) is 37.4 Å². The first-order valence-electron chi connectivity index (χ1n) is 7.61. The molecule has 0 atom stereocenters. The number of para-hydroxylation sites is 1. The fourth-order valence-electron chi connectivity index (χ4n) is 2.21. The minimum atomic E-state index is -0.364. The summed E-state index contributed by atoms with van der Waals surface area (Å²) in [5, 5.41) is 15.2. The second-order valence-corrected chi connectivity index (χ2v) is 6.39. The maximum Gasteiger partial charge on any atom is 0.238 e. The first-order valence-corrected chi connectivity index (χ1v) is 8.37. The Balaban J connectivity index is 1.89. The van der Waals surface area contributed by atoms with Gasteiger partial charge in [-0.3, -0.25) is 14.5 Å². The smallest absolute Gasteiger partial charge is 0.238 e. The number of rotatable bonds is 6. The molecule has 0 heterocycles. The molecule has 2 N–H and O–H groups in total. The second kappa shape index (κ2) is 9.20. The summed E-state index contributed by atoms with van der Waals surface area (Å²) in [6, 6.07) is 13.5. The highest BCUT2D eigenvalue weighted by molar-refractivity contribution is 6.33. The van der Waals surface area contributed by atoms with Gasteiger partial charge in [0.2, 0.25) is 11.8 Å². The summed E-state index contributed by atoms with van der Waals surface area (Å²) in [6.07, 6.45) is 0. The summed E-state index contributed by atoms with van der Waals surface area (Å²) in [4.78, 5) is 25.7. The topological polar surface area (TPSA) is 85.2 Å². The van der Waals surface area contributed by atoms with Crippen LogP contribution in [0.2, 0.25) is 10.0 Å². The number of nitrogens with zero attached hydrogens (tertiary/aromatic N) is 2. The Hall–Kier alpha value is -2.59. The van der Waals surface area contributed by atoms with Crippen LogP contribution in [0.5, 0.6) is 0 Å². The van der Waals surface area contributed by atoms with Crippen molar-refractivity contribution in [2.24, 2.45) is 0 Å². The summed E-state index contributed by atoms with van der Waals surface area (Å²) >= 11 is 11.9. The number of carbonyl (C=O) groups is 2. The molecule has 0 bridgehead atoms. The van der Waals surface area contributed by atoms with E-state index in [9.17, 15) is 9.59 Å². The molecule has 0 aliphatic rings. The molecule has 2 aromatic rings. The summed E-state index contributed by atoms with van der Waals surface area (Å²) in [5.74, 6) is -0.661. The minimum absolute atomic E-state index is 0.000698. The average Bonchev–Trinajstić information content (AvgIpc) is 2.56. The molecule has 2 rings (SSSR count). The molecule has 2 amide bonds. The molecule has 0 aliphatic carbocycles. The molecule has 6 nitrogen and oxygen atoms in total. The average molecular weight is 391 g/mol. The third-order valence-electron chi connectivity index (χ3n) is 3.35. The third kappa shape index (κ3) is 5.74. The van der Waals surface area contributed by atoms with Crippen molar-refractivity contribution in [2.75, 3.05) is 30.8 Å². The van der Waals surface area contributed by atoms with Gasteiger partial charge in [0.15, 0.2) is 0 Å². The largest absolute Gasteiger partial charge is 0.324 e. The second-order valence-electron chi connectivity index (χ2n) is 5.55. The van der Waals surface area contributed by atoms with Crippen LogP contribution in [0.1, 0.15) is 5.56 Å². The Morgan fingerprint density at radius 2 is 1.65 bits per heavy atom. The fraction of sp³-hybridized carbons (Fsp3) is 0.167. The maximum atomic E-state index is 12.1. The Labute approximate surface area is 161 Å². The molecule has 0 spiro atoms. The van der Waals surface area contributed by atoms with Crippen LogP contribution in [0.25, 0.3) is 0 Å². The Morgan fingerprint density at radius 1 is 1.04 bits per heavy atom. The van der Waals surface area contributed by atoms with E-state index in [1.54, 1.807) is 37.4 Å². The lowest BCUT2D eigenvalue weighted by Crippen LogP contribution is -2.36. The molecule has 0 fully saturated rings. The Bertz CT molecular complexity index is 865. The third-order valence-corrected chi connectivity index (χ3v) is 3.92. The summed E-state index contributed by atoms with van der Waals surface area (Å²) < 4.78 is 0. The van der Waals surface area contributed by atoms with Gasteiger partial charge in [0.05, 0.1) is 35.1 Å². The van der Waals surface area contributed by atoms with Crippen LogP contribution in [0, 0.1) is 11.3 Å². The van der Waals surface area contributed by atoms with Gasteiger partial charge < -0.3 is 10.6 Å². The lowest BCUT2D eigenvalue weighted by Gasteiger charge is -2.16. The predicted molar refractivity (Wildman–Crippen MR) is 102 cm³/mol. The number of nitriles is 1. The van der Waals surface area contributed by atoms with Gasteiger partial charge in [0, 0.05) is 5.02 Å². The normalized spacial score (nSPS) is 10.3. The van der Waals surface area contributed by atoms with E-state index in [1.807, 2.05) is 6.07 Å². The molecular weight excluding hydrogens is 375 g/mol. The molecule has 26 heavy (non-hydrogen) atoms. The van der Waals surface area contributed by atoms with Gasteiger partial charge in [0.1, 0.15) is 6.07 Å². The van der Waals surface area contributed by atoms with Crippen molar-refractivity contribution in [1.82, 2.24) is 4.90 Å². The summed E-state index contributed by atoms with van der Waals surface area (Å²) in [6.45, 7) is -0.0351. The van der Waals surface area contributed by atoms with E-state index >= 15 is 0 Å². The number of hydrogen-bond donors (Lipinski definition) is 2. The van der Waals surface area contributed by atoms with Crippen molar-refractivity contribution < 1.29 is 9.59 Å². The number of hydrogen-bond acceptors (Lipinski definition) is 4. The highest BCUT2D eigenvalue weighted by Gasteiger charge is 2.13. The zero-order valence-corrected chi connectivity index (χ0v) is 15.4. The van der Waals surface area contributed by atoms with E-state index < -0.39 is 0 Å². The van der Waals surface area contributed by atoms with Crippen LogP contribution >= 0.6 is 23.2 Å². The van der Waals surface area contributed by atoms with E-state index in [0.717, 1.165) is 0 Å². The lowest BCUT2D eigenvalue weighted by molar-refractivity contribution is -0.119. The number of amides is 2. The standard InChI is InChI=1S/C18H16Cl2N4O2/c1-24(10-17(25)22-15-5-3-2-4-14(15)20)11-18(26)23-16-8-13(19)7-6-12(16)9-21/h2-8H,10-11H2,1H3,(H,22,25)(H,23,26). The molecule has 0 radical (unpaired) electrons. The number of anilines is 2. The molecule has 0 aromatic heterocycles. The van der Waals surface area contributed by atoms with Crippen molar-refractivity contribution in [3.63, 3.8) is 0 Å². The summed E-state index contributed by atoms with van der Waals surface area (Å²) in [5.41, 5.74) is 1.15. The number of carbonyl (C=O) groups excluding carboxylic acids is 2. The SMILES string of the molecule is CN(CC(=O)Nc1ccccc1Cl)CC(=O)Nc1cc(Cl)ccc1C#N. The predicted octanol–water partition coefficient (Wildman–Crippen LogP) is 3.37. The molecule has 8 heteroatoms. The van der Waals surface area contributed by atoms with Crippen molar-refractivity contribution in [3.8, 4) is 6.07 Å². The van der Waals surface area contributed by atoms with E-state index in [4.69, 9.17) is 28.5 Å². The van der Waals surface area contributed by atoms with Crippen LogP contribution < -0.4 is 10.6 Å².